The van der Waals surface area contributed by atoms with Gasteiger partial charge in [0.15, 0.2) is 0 Å². The van der Waals surface area contributed by atoms with Gasteiger partial charge in [-0.05, 0) is 24.6 Å². The first kappa shape index (κ1) is 12.2. The molecule has 4 heteroatoms. The molecule has 2 rings (SSSR count). The highest BCUT2D eigenvalue weighted by atomic mass is 16.5. The molecule has 1 aromatic carbocycles. The highest BCUT2D eigenvalue weighted by Crippen LogP contribution is 2.14. The quantitative estimate of drug-likeness (QED) is 0.808. The SMILES string of the molecule is CCn1ccnc1COc1ccc(CC#N)cc1. The van der Waals surface area contributed by atoms with Gasteiger partial charge >= 0.3 is 0 Å². The van der Waals surface area contributed by atoms with Crippen LogP contribution in [0.4, 0.5) is 0 Å². The molecule has 0 radical (unpaired) electrons. The standard InChI is InChI=1S/C14H15N3O/c1-2-17-10-9-16-14(17)11-18-13-5-3-12(4-6-13)7-8-15/h3-6,9-10H,2,7,11H2,1H3. The largest absolute Gasteiger partial charge is 0.486 e. The fourth-order valence-corrected chi connectivity index (χ4v) is 1.71. The Balaban J connectivity index is 1.96. The molecule has 0 spiro atoms. The van der Waals surface area contributed by atoms with Gasteiger partial charge in [-0.15, -0.1) is 0 Å². The van der Waals surface area contributed by atoms with E-state index < -0.39 is 0 Å². The number of rotatable bonds is 5. The van der Waals surface area contributed by atoms with E-state index in [1.165, 1.54) is 0 Å². The first-order chi connectivity index (χ1) is 8.83. The molecule has 1 aromatic heterocycles. The minimum atomic E-state index is 0.431. The average molecular weight is 241 g/mol. The molecule has 0 saturated heterocycles. The number of aromatic nitrogens is 2. The Morgan fingerprint density at radius 1 is 1.33 bits per heavy atom. The van der Waals surface area contributed by atoms with Crippen LogP contribution in [0.15, 0.2) is 36.7 Å². The van der Waals surface area contributed by atoms with E-state index >= 15 is 0 Å². The average Bonchev–Trinajstić information content (AvgIpc) is 2.86. The van der Waals surface area contributed by atoms with E-state index in [2.05, 4.69) is 18.0 Å². The van der Waals surface area contributed by atoms with Crippen molar-refractivity contribution in [3.8, 4) is 11.8 Å². The van der Waals surface area contributed by atoms with E-state index in [0.29, 0.717) is 13.0 Å². The Kier molecular flexibility index (Phi) is 3.98. The van der Waals surface area contributed by atoms with Crippen LogP contribution in [0.5, 0.6) is 5.75 Å². The van der Waals surface area contributed by atoms with Crippen LogP contribution in [0, 0.1) is 11.3 Å². The van der Waals surface area contributed by atoms with Crippen LogP contribution < -0.4 is 4.74 Å². The highest BCUT2D eigenvalue weighted by Gasteiger charge is 2.02. The summed E-state index contributed by atoms with van der Waals surface area (Å²) in [4.78, 5) is 4.24. The molecule has 4 nitrogen and oxygen atoms in total. The Bertz CT molecular complexity index is 537. The van der Waals surface area contributed by atoms with Crippen molar-refractivity contribution in [2.45, 2.75) is 26.5 Å². The summed E-state index contributed by atoms with van der Waals surface area (Å²) in [6.45, 7) is 3.42. The number of ether oxygens (including phenoxy) is 1. The molecule has 92 valence electrons. The van der Waals surface area contributed by atoms with Crippen LogP contribution in [-0.4, -0.2) is 9.55 Å². The third-order valence-electron chi connectivity index (χ3n) is 2.72. The Labute approximate surface area is 106 Å². The van der Waals surface area contributed by atoms with Crippen molar-refractivity contribution in [1.82, 2.24) is 9.55 Å². The molecule has 0 atom stereocenters. The lowest BCUT2D eigenvalue weighted by Crippen LogP contribution is -2.05. The summed E-state index contributed by atoms with van der Waals surface area (Å²) >= 11 is 0. The number of hydrogen-bond acceptors (Lipinski definition) is 3. The maximum absolute atomic E-state index is 8.58. The van der Waals surface area contributed by atoms with Crippen LogP contribution in [-0.2, 0) is 19.6 Å². The van der Waals surface area contributed by atoms with Gasteiger partial charge in [-0.2, -0.15) is 5.26 Å². The van der Waals surface area contributed by atoms with Crippen LogP contribution in [0.1, 0.15) is 18.3 Å². The van der Waals surface area contributed by atoms with E-state index in [9.17, 15) is 0 Å². The van der Waals surface area contributed by atoms with Gasteiger partial charge in [0.2, 0.25) is 0 Å². The minimum Gasteiger partial charge on any atom is -0.486 e. The van der Waals surface area contributed by atoms with E-state index in [0.717, 1.165) is 23.7 Å². The molecule has 0 fully saturated rings. The Hall–Kier alpha value is -2.28. The summed E-state index contributed by atoms with van der Waals surface area (Å²) in [5.41, 5.74) is 1.000. The highest BCUT2D eigenvalue weighted by molar-refractivity contribution is 5.28. The molecule has 0 aliphatic heterocycles. The molecule has 0 amide bonds. The van der Waals surface area contributed by atoms with Gasteiger partial charge in [0, 0.05) is 18.9 Å². The maximum atomic E-state index is 8.58. The second kappa shape index (κ2) is 5.87. The van der Waals surface area contributed by atoms with Crippen molar-refractivity contribution in [3.05, 3.63) is 48.0 Å². The lowest BCUT2D eigenvalue weighted by Gasteiger charge is -2.07. The molecule has 0 N–H and O–H groups in total. The fraction of sp³-hybridized carbons (Fsp3) is 0.286. The lowest BCUT2D eigenvalue weighted by molar-refractivity contribution is 0.290. The Morgan fingerprint density at radius 2 is 2.11 bits per heavy atom. The van der Waals surface area contributed by atoms with Crippen molar-refractivity contribution in [3.63, 3.8) is 0 Å². The molecule has 1 heterocycles. The van der Waals surface area contributed by atoms with Crippen LogP contribution in [0.3, 0.4) is 0 Å². The predicted octanol–water partition coefficient (Wildman–Crippen LogP) is 2.55. The molecule has 2 aromatic rings. The summed E-state index contributed by atoms with van der Waals surface area (Å²) in [5.74, 6) is 1.71. The van der Waals surface area contributed by atoms with Crippen molar-refractivity contribution < 1.29 is 4.74 Å². The van der Waals surface area contributed by atoms with Gasteiger partial charge in [0.05, 0.1) is 12.5 Å². The molecule has 0 bridgehead atoms. The molecular formula is C14H15N3O. The van der Waals surface area contributed by atoms with Crippen molar-refractivity contribution in [1.29, 1.82) is 5.26 Å². The molecule has 0 aliphatic carbocycles. The third-order valence-corrected chi connectivity index (χ3v) is 2.72. The molecule has 0 saturated carbocycles. The first-order valence-electron chi connectivity index (χ1n) is 5.92. The van der Waals surface area contributed by atoms with Gasteiger partial charge in [0.1, 0.15) is 18.2 Å². The lowest BCUT2D eigenvalue weighted by atomic mass is 10.2. The first-order valence-corrected chi connectivity index (χ1v) is 5.92. The zero-order chi connectivity index (χ0) is 12.8. The smallest absolute Gasteiger partial charge is 0.146 e. The molecular weight excluding hydrogens is 226 g/mol. The topological polar surface area (TPSA) is 50.8 Å². The monoisotopic (exact) mass is 241 g/mol. The summed E-state index contributed by atoms with van der Waals surface area (Å²) < 4.78 is 7.71. The number of aryl methyl sites for hydroxylation is 1. The molecule has 0 aliphatic rings. The number of nitrogens with zero attached hydrogens (tertiary/aromatic N) is 3. The van der Waals surface area contributed by atoms with E-state index in [1.807, 2.05) is 35.0 Å². The second-order valence-corrected chi connectivity index (χ2v) is 3.90. The normalized spacial score (nSPS) is 10.0. The Morgan fingerprint density at radius 3 is 2.78 bits per heavy atom. The van der Waals surface area contributed by atoms with Gasteiger partial charge in [0.25, 0.3) is 0 Å². The summed E-state index contributed by atoms with van der Waals surface area (Å²) in [6.07, 6.45) is 4.15. The third kappa shape index (κ3) is 2.89. The van der Waals surface area contributed by atoms with Gasteiger partial charge < -0.3 is 9.30 Å². The zero-order valence-electron chi connectivity index (χ0n) is 10.3. The number of nitriles is 1. The predicted molar refractivity (Wildman–Crippen MR) is 68.0 cm³/mol. The second-order valence-electron chi connectivity index (χ2n) is 3.90. The van der Waals surface area contributed by atoms with Gasteiger partial charge in [-0.3, -0.25) is 0 Å². The summed E-state index contributed by atoms with van der Waals surface area (Å²) in [5, 5.41) is 8.58. The summed E-state index contributed by atoms with van der Waals surface area (Å²) in [6, 6.07) is 9.70. The van der Waals surface area contributed by atoms with E-state index in [4.69, 9.17) is 10.00 Å². The van der Waals surface area contributed by atoms with Crippen molar-refractivity contribution in [2.75, 3.05) is 0 Å². The van der Waals surface area contributed by atoms with Crippen molar-refractivity contribution in [2.24, 2.45) is 0 Å². The van der Waals surface area contributed by atoms with Crippen LogP contribution in [0.25, 0.3) is 0 Å². The fourth-order valence-electron chi connectivity index (χ4n) is 1.71. The van der Waals surface area contributed by atoms with Gasteiger partial charge in [-0.25, -0.2) is 4.98 Å². The van der Waals surface area contributed by atoms with Gasteiger partial charge in [-0.1, -0.05) is 12.1 Å². The number of hydrogen-bond donors (Lipinski definition) is 0. The van der Waals surface area contributed by atoms with Crippen LogP contribution in [0.2, 0.25) is 0 Å². The number of imidazole rings is 1. The van der Waals surface area contributed by atoms with E-state index in [-0.39, 0.29) is 0 Å². The minimum absolute atomic E-state index is 0.431. The van der Waals surface area contributed by atoms with Crippen molar-refractivity contribution >= 4 is 0 Å². The molecule has 0 unspecified atom stereocenters. The maximum Gasteiger partial charge on any atom is 0.146 e. The summed E-state index contributed by atoms with van der Waals surface area (Å²) in [7, 11) is 0. The van der Waals surface area contributed by atoms with Crippen LogP contribution >= 0.6 is 0 Å². The van der Waals surface area contributed by atoms with E-state index in [1.54, 1.807) is 6.20 Å². The molecule has 18 heavy (non-hydrogen) atoms. The zero-order valence-corrected chi connectivity index (χ0v) is 10.3. The number of benzene rings is 1.